The van der Waals surface area contributed by atoms with Crippen molar-refractivity contribution in [1.82, 2.24) is 10.2 Å². The maximum atomic E-state index is 12.1. The summed E-state index contributed by atoms with van der Waals surface area (Å²) < 4.78 is 0. The van der Waals surface area contributed by atoms with Gasteiger partial charge in [-0.05, 0) is 38.0 Å². The maximum Gasteiger partial charge on any atom is 0.253 e. The van der Waals surface area contributed by atoms with Gasteiger partial charge >= 0.3 is 0 Å². The molecule has 1 aromatic rings. The lowest BCUT2D eigenvalue weighted by molar-refractivity contribution is 0.0827. The lowest BCUT2D eigenvalue weighted by Crippen LogP contribution is -2.33. The Morgan fingerprint density at radius 2 is 1.95 bits per heavy atom. The molecule has 0 bridgehead atoms. The average Bonchev–Trinajstić information content (AvgIpc) is 2.44. The largest absolute Gasteiger partial charge is 0.396 e. The van der Waals surface area contributed by atoms with Crippen LogP contribution in [-0.4, -0.2) is 48.6 Å². The number of aliphatic hydroxyl groups excluding tert-OH is 1. The first-order valence-electron chi connectivity index (χ1n) is 6.69. The molecule has 1 atom stereocenters. The Balaban J connectivity index is 2.74. The molecule has 1 rings (SSSR count). The summed E-state index contributed by atoms with van der Waals surface area (Å²) in [6.07, 6.45) is 1.37. The van der Waals surface area contributed by atoms with Gasteiger partial charge in [0.2, 0.25) is 0 Å². The highest BCUT2D eigenvalue weighted by atomic mass is 16.3. The van der Waals surface area contributed by atoms with Gasteiger partial charge in [-0.15, -0.1) is 0 Å². The molecule has 0 heterocycles. The molecule has 2 amide bonds. The van der Waals surface area contributed by atoms with Crippen LogP contribution in [-0.2, 0) is 0 Å². The van der Waals surface area contributed by atoms with E-state index in [1.807, 2.05) is 6.92 Å². The van der Waals surface area contributed by atoms with E-state index in [9.17, 15) is 9.59 Å². The SMILES string of the molecule is CC(CCCO)NC(=O)c1cccc(C(=O)N(C)C)c1. The van der Waals surface area contributed by atoms with E-state index in [2.05, 4.69) is 5.32 Å². The highest BCUT2D eigenvalue weighted by molar-refractivity contribution is 5.99. The van der Waals surface area contributed by atoms with Gasteiger partial charge in [0.05, 0.1) is 0 Å². The molecule has 2 N–H and O–H groups in total. The van der Waals surface area contributed by atoms with Crippen LogP contribution in [0.5, 0.6) is 0 Å². The Hall–Kier alpha value is -1.88. The molecule has 0 aliphatic heterocycles. The van der Waals surface area contributed by atoms with Crippen molar-refractivity contribution in [2.75, 3.05) is 20.7 Å². The minimum Gasteiger partial charge on any atom is -0.396 e. The maximum absolute atomic E-state index is 12.1. The molecule has 0 spiro atoms. The minimum absolute atomic E-state index is 0.0112. The second-order valence-corrected chi connectivity index (χ2v) is 5.02. The summed E-state index contributed by atoms with van der Waals surface area (Å²) in [5.74, 6) is -0.336. The summed E-state index contributed by atoms with van der Waals surface area (Å²) in [5, 5.41) is 11.6. The number of carbonyl (C=O) groups excluding carboxylic acids is 2. The van der Waals surface area contributed by atoms with Crippen LogP contribution in [0.15, 0.2) is 24.3 Å². The summed E-state index contributed by atoms with van der Waals surface area (Å²) in [5.41, 5.74) is 0.958. The number of rotatable bonds is 6. The fraction of sp³-hybridized carbons (Fsp3) is 0.467. The third kappa shape index (κ3) is 4.66. The number of benzene rings is 1. The molecule has 1 unspecified atom stereocenters. The van der Waals surface area contributed by atoms with Gasteiger partial charge in [-0.25, -0.2) is 0 Å². The Morgan fingerprint density at radius 1 is 1.30 bits per heavy atom. The Bertz CT molecular complexity index is 472. The molecular weight excluding hydrogens is 256 g/mol. The molecule has 0 fully saturated rings. The van der Waals surface area contributed by atoms with Crippen LogP contribution >= 0.6 is 0 Å². The molecule has 0 saturated heterocycles. The van der Waals surface area contributed by atoms with Crippen molar-refractivity contribution in [2.24, 2.45) is 0 Å². The third-order valence-electron chi connectivity index (χ3n) is 2.95. The zero-order valence-corrected chi connectivity index (χ0v) is 12.2. The normalized spacial score (nSPS) is 11.8. The van der Waals surface area contributed by atoms with E-state index in [0.29, 0.717) is 17.5 Å². The van der Waals surface area contributed by atoms with Gasteiger partial charge < -0.3 is 15.3 Å². The summed E-state index contributed by atoms with van der Waals surface area (Å²) >= 11 is 0. The van der Waals surface area contributed by atoms with E-state index in [-0.39, 0.29) is 24.5 Å². The minimum atomic E-state index is -0.205. The smallest absolute Gasteiger partial charge is 0.253 e. The van der Waals surface area contributed by atoms with Crippen molar-refractivity contribution >= 4 is 11.8 Å². The van der Waals surface area contributed by atoms with Crippen LogP contribution in [0.3, 0.4) is 0 Å². The summed E-state index contributed by atoms with van der Waals surface area (Å²) in [7, 11) is 3.35. The number of hydrogen-bond acceptors (Lipinski definition) is 3. The van der Waals surface area contributed by atoms with Crippen LogP contribution in [0.4, 0.5) is 0 Å². The molecule has 0 radical (unpaired) electrons. The molecule has 1 aromatic carbocycles. The lowest BCUT2D eigenvalue weighted by atomic mass is 10.1. The van der Waals surface area contributed by atoms with Crippen molar-refractivity contribution in [3.05, 3.63) is 35.4 Å². The van der Waals surface area contributed by atoms with Gasteiger partial charge in [0.15, 0.2) is 0 Å². The van der Waals surface area contributed by atoms with E-state index >= 15 is 0 Å². The Kier molecular flexibility index (Phi) is 6.18. The monoisotopic (exact) mass is 278 g/mol. The predicted molar refractivity (Wildman–Crippen MR) is 77.7 cm³/mol. The first-order chi connectivity index (χ1) is 9.45. The van der Waals surface area contributed by atoms with Crippen LogP contribution in [0.1, 0.15) is 40.5 Å². The molecule has 5 heteroatoms. The van der Waals surface area contributed by atoms with E-state index in [1.54, 1.807) is 38.4 Å². The fourth-order valence-corrected chi connectivity index (χ4v) is 1.83. The highest BCUT2D eigenvalue weighted by Crippen LogP contribution is 2.08. The van der Waals surface area contributed by atoms with E-state index < -0.39 is 0 Å². The first-order valence-corrected chi connectivity index (χ1v) is 6.69. The fourth-order valence-electron chi connectivity index (χ4n) is 1.83. The van der Waals surface area contributed by atoms with E-state index in [1.165, 1.54) is 4.90 Å². The molecule has 5 nitrogen and oxygen atoms in total. The second kappa shape index (κ2) is 7.65. The molecule has 0 saturated carbocycles. The quantitative estimate of drug-likeness (QED) is 0.823. The molecule has 110 valence electrons. The first kappa shape index (κ1) is 16.2. The Labute approximate surface area is 119 Å². The highest BCUT2D eigenvalue weighted by Gasteiger charge is 2.13. The number of hydrogen-bond donors (Lipinski definition) is 2. The Morgan fingerprint density at radius 3 is 2.55 bits per heavy atom. The summed E-state index contributed by atoms with van der Waals surface area (Å²) in [6.45, 7) is 2.01. The van der Waals surface area contributed by atoms with Gasteiger partial charge in [0, 0.05) is 37.9 Å². The number of nitrogens with zero attached hydrogens (tertiary/aromatic N) is 1. The second-order valence-electron chi connectivity index (χ2n) is 5.02. The van der Waals surface area contributed by atoms with Crippen molar-refractivity contribution in [3.63, 3.8) is 0 Å². The predicted octanol–water partition coefficient (Wildman–Crippen LogP) is 1.28. The van der Waals surface area contributed by atoms with Crippen molar-refractivity contribution in [1.29, 1.82) is 0 Å². The summed E-state index contributed by atoms with van der Waals surface area (Å²) in [6, 6.07) is 6.65. The van der Waals surface area contributed by atoms with E-state index in [4.69, 9.17) is 5.11 Å². The van der Waals surface area contributed by atoms with Crippen LogP contribution in [0.25, 0.3) is 0 Å². The third-order valence-corrected chi connectivity index (χ3v) is 2.95. The van der Waals surface area contributed by atoms with Crippen molar-refractivity contribution in [2.45, 2.75) is 25.8 Å². The zero-order valence-electron chi connectivity index (χ0n) is 12.2. The van der Waals surface area contributed by atoms with Gasteiger partial charge in [0.25, 0.3) is 11.8 Å². The molecule has 0 aliphatic carbocycles. The molecule has 20 heavy (non-hydrogen) atoms. The number of carbonyl (C=O) groups is 2. The standard InChI is InChI=1S/C15H22N2O3/c1-11(6-5-9-18)16-14(19)12-7-4-8-13(10-12)15(20)17(2)3/h4,7-8,10-11,18H,5-6,9H2,1-3H3,(H,16,19). The zero-order chi connectivity index (χ0) is 15.1. The topological polar surface area (TPSA) is 69.6 Å². The van der Waals surface area contributed by atoms with Gasteiger partial charge in [0.1, 0.15) is 0 Å². The number of amides is 2. The van der Waals surface area contributed by atoms with Gasteiger partial charge in [-0.3, -0.25) is 9.59 Å². The molecular formula is C15H22N2O3. The average molecular weight is 278 g/mol. The van der Waals surface area contributed by atoms with Crippen LogP contribution in [0.2, 0.25) is 0 Å². The summed E-state index contributed by atoms with van der Waals surface area (Å²) in [4.78, 5) is 25.4. The molecule has 0 aromatic heterocycles. The van der Waals surface area contributed by atoms with Crippen LogP contribution in [0, 0.1) is 0 Å². The van der Waals surface area contributed by atoms with Gasteiger partial charge in [-0.1, -0.05) is 6.07 Å². The van der Waals surface area contributed by atoms with E-state index in [0.717, 1.165) is 6.42 Å². The molecule has 0 aliphatic rings. The van der Waals surface area contributed by atoms with Crippen LogP contribution < -0.4 is 5.32 Å². The van der Waals surface area contributed by atoms with Gasteiger partial charge in [-0.2, -0.15) is 0 Å². The lowest BCUT2D eigenvalue weighted by Gasteiger charge is -2.14. The van der Waals surface area contributed by atoms with Crippen molar-refractivity contribution in [3.8, 4) is 0 Å². The number of nitrogens with one attached hydrogen (secondary N) is 1. The van der Waals surface area contributed by atoms with Crippen molar-refractivity contribution < 1.29 is 14.7 Å². The number of aliphatic hydroxyl groups is 1.